The molecule has 0 rings (SSSR count). The Morgan fingerprint density at radius 3 is 2.27 bits per heavy atom. The van der Waals surface area contributed by atoms with Crippen molar-refractivity contribution in [2.45, 2.75) is 33.6 Å². The molecule has 0 bridgehead atoms. The SMILES string of the molecule is CC/C(=C\C=C(C)C)CCO. The van der Waals surface area contributed by atoms with Crippen LogP contribution in [-0.2, 0) is 0 Å². The Kier molecular flexibility index (Phi) is 5.86. The summed E-state index contributed by atoms with van der Waals surface area (Å²) in [6, 6.07) is 0. The van der Waals surface area contributed by atoms with Gasteiger partial charge in [-0.3, -0.25) is 0 Å². The van der Waals surface area contributed by atoms with E-state index >= 15 is 0 Å². The minimum absolute atomic E-state index is 0.260. The van der Waals surface area contributed by atoms with E-state index in [-0.39, 0.29) is 6.61 Å². The molecule has 11 heavy (non-hydrogen) atoms. The molecule has 0 spiro atoms. The molecule has 1 N–H and O–H groups in total. The molecule has 0 heterocycles. The molecule has 0 aliphatic carbocycles. The lowest BCUT2D eigenvalue weighted by molar-refractivity contribution is 0.298. The average Bonchev–Trinajstić information content (AvgIpc) is 1.97. The van der Waals surface area contributed by atoms with Crippen LogP contribution in [0, 0.1) is 0 Å². The number of hydrogen-bond donors (Lipinski definition) is 1. The molecular formula is C10H18O. The molecule has 0 fully saturated rings. The van der Waals surface area contributed by atoms with Gasteiger partial charge in [0.2, 0.25) is 0 Å². The van der Waals surface area contributed by atoms with Crippen LogP contribution in [0.1, 0.15) is 33.6 Å². The number of rotatable bonds is 4. The van der Waals surface area contributed by atoms with Gasteiger partial charge in [0.05, 0.1) is 0 Å². The molecule has 0 aromatic heterocycles. The summed E-state index contributed by atoms with van der Waals surface area (Å²) < 4.78 is 0. The van der Waals surface area contributed by atoms with Crippen molar-refractivity contribution >= 4 is 0 Å². The second-order valence-corrected chi connectivity index (χ2v) is 2.90. The van der Waals surface area contributed by atoms with Gasteiger partial charge >= 0.3 is 0 Å². The Hall–Kier alpha value is -0.560. The van der Waals surface area contributed by atoms with Crippen molar-refractivity contribution in [2.75, 3.05) is 6.61 Å². The Morgan fingerprint density at radius 1 is 1.27 bits per heavy atom. The highest BCUT2D eigenvalue weighted by Crippen LogP contribution is 2.06. The van der Waals surface area contributed by atoms with Crippen LogP contribution in [0.25, 0.3) is 0 Å². The standard InChI is InChI=1S/C10H18O/c1-4-10(7-8-11)6-5-9(2)3/h5-6,11H,4,7-8H2,1-3H3/b10-6+. The fourth-order valence-electron chi connectivity index (χ4n) is 0.806. The van der Waals surface area contributed by atoms with E-state index in [9.17, 15) is 0 Å². The van der Waals surface area contributed by atoms with Gasteiger partial charge in [-0.1, -0.05) is 30.2 Å². The summed E-state index contributed by atoms with van der Waals surface area (Å²) in [4.78, 5) is 0. The number of allylic oxidation sites excluding steroid dienone is 3. The van der Waals surface area contributed by atoms with Crippen molar-refractivity contribution in [3.8, 4) is 0 Å². The second-order valence-electron chi connectivity index (χ2n) is 2.90. The third-order valence-corrected chi connectivity index (χ3v) is 1.54. The Balaban J connectivity index is 4.00. The first kappa shape index (κ1) is 10.4. The molecule has 0 unspecified atom stereocenters. The molecule has 1 nitrogen and oxygen atoms in total. The molecule has 0 radical (unpaired) electrons. The van der Waals surface area contributed by atoms with Gasteiger partial charge in [0.25, 0.3) is 0 Å². The molecule has 64 valence electrons. The second kappa shape index (κ2) is 6.17. The molecule has 0 aromatic carbocycles. The van der Waals surface area contributed by atoms with E-state index in [0.717, 1.165) is 12.8 Å². The summed E-state index contributed by atoms with van der Waals surface area (Å²) in [7, 11) is 0. The first-order valence-corrected chi connectivity index (χ1v) is 4.14. The van der Waals surface area contributed by atoms with E-state index in [1.54, 1.807) is 0 Å². The van der Waals surface area contributed by atoms with Gasteiger partial charge in [-0.05, 0) is 26.7 Å². The minimum Gasteiger partial charge on any atom is -0.396 e. The Labute approximate surface area is 69.4 Å². The van der Waals surface area contributed by atoms with Gasteiger partial charge < -0.3 is 5.11 Å². The van der Waals surface area contributed by atoms with Crippen LogP contribution in [0.5, 0.6) is 0 Å². The van der Waals surface area contributed by atoms with Crippen molar-refractivity contribution in [1.82, 2.24) is 0 Å². The van der Waals surface area contributed by atoms with Crippen LogP contribution in [0.15, 0.2) is 23.3 Å². The van der Waals surface area contributed by atoms with E-state index in [2.05, 4.69) is 32.9 Å². The lowest BCUT2D eigenvalue weighted by Gasteiger charge is -1.98. The minimum atomic E-state index is 0.260. The van der Waals surface area contributed by atoms with Gasteiger partial charge in [-0.25, -0.2) is 0 Å². The predicted molar refractivity (Wildman–Crippen MR) is 49.5 cm³/mol. The largest absolute Gasteiger partial charge is 0.396 e. The highest BCUT2D eigenvalue weighted by molar-refractivity contribution is 5.15. The zero-order chi connectivity index (χ0) is 8.69. The quantitative estimate of drug-likeness (QED) is 0.617. The van der Waals surface area contributed by atoms with Gasteiger partial charge in [0, 0.05) is 6.61 Å². The lowest BCUT2D eigenvalue weighted by Crippen LogP contribution is -1.86. The van der Waals surface area contributed by atoms with E-state index < -0.39 is 0 Å². The van der Waals surface area contributed by atoms with Gasteiger partial charge in [-0.15, -0.1) is 0 Å². The maximum Gasteiger partial charge on any atom is 0.0468 e. The van der Waals surface area contributed by atoms with Crippen molar-refractivity contribution in [3.05, 3.63) is 23.3 Å². The van der Waals surface area contributed by atoms with Crippen molar-refractivity contribution in [2.24, 2.45) is 0 Å². The zero-order valence-corrected chi connectivity index (χ0v) is 7.72. The Bertz CT molecular complexity index is 150. The summed E-state index contributed by atoms with van der Waals surface area (Å²) in [6.45, 7) is 6.52. The first-order chi connectivity index (χ1) is 5.20. The molecule has 0 amide bonds. The molecule has 0 atom stereocenters. The fourth-order valence-corrected chi connectivity index (χ4v) is 0.806. The van der Waals surface area contributed by atoms with Crippen molar-refractivity contribution in [1.29, 1.82) is 0 Å². The van der Waals surface area contributed by atoms with Crippen LogP contribution in [-0.4, -0.2) is 11.7 Å². The van der Waals surface area contributed by atoms with Crippen LogP contribution in [0.3, 0.4) is 0 Å². The molecule has 0 saturated carbocycles. The summed E-state index contributed by atoms with van der Waals surface area (Å²) in [5, 5.41) is 8.67. The van der Waals surface area contributed by atoms with Crippen LogP contribution in [0.2, 0.25) is 0 Å². The van der Waals surface area contributed by atoms with Gasteiger partial charge in [0.1, 0.15) is 0 Å². The molecule has 0 aliphatic heterocycles. The number of aliphatic hydroxyl groups is 1. The van der Waals surface area contributed by atoms with E-state index in [1.807, 2.05) is 0 Å². The molecule has 0 aliphatic rings. The molecule has 0 aromatic rings. The third kappa shape index (κ3) is 5.86. The zero-order valence-electron chi connectivity index (χ0n) is 7.72. The van der Waals surface area contributed by atoms with Crippen LogP contribution >= 0.6 is 0 Å². The summed E-state index contributed by atoms with van der Waals surface area (Å²) in [5.41, 5.74) is 2.61. The van der Waals surface area contributed by atoms with Crippen molar-refractivity contribution in [3.63, 3.8) is 0 Å². The topological polar surface area (TPSA) is 20.2 Å². The average molecular weight is 154 g/mol. The van der Waals surface area contributed by atoms with Gasteiger partial charge in [-0.2, -0.15) is 0 Å². The lowest BCUT2D eigenvalue weighted by atomic mass is 10.1. The van der Waals surface area contributed by atoms with Crippen LogP contribution in [0.4, 0.5) is 0 Å². The fraction of sp³-hybridized carbons (Fsp3) is 0.600. The maximum atomic E-state index is 8.67. The molecular weight excluding hydrogens is 136 g/mol. The van der Waals surface area contributed by atoms with E-state index in [0.29, 0.717) is 0 Å². The van der Waals surface area contributed by atoms with Crippen LogP contribution < -0.4 is 0 Å². The highest BCUT2D eigenvalue weighted by atomic mass is 16.2. The number of aliphatic hydroxyl groups excluding tert-OH is 1. The monoisotopic (exact) mass is 154 g/mol. The highest BCUT2D eigenvalue weighted by Gasteiger charge is 1.89. The maximum absolute atomic E-state index is 8.67. The predicted octanol–water partition coefficient (Wildman–Crippen LogP) is 2.67. The normalized spacial score (nSPS) is 11.5. The Morgan fingerprint density at radius 2 is 1.91 bits per heavy atom. The van der Waals surface area contributed by atoms with E-state index in [1.165, 1.54) is 11.1 Å². The van der Waals surface area contributed by atoms with Crippen molar-refractivity contribution < 1.29 is 5.11 Å². The summed E-state index contributed by atoms with van der Waals surface area (Å²) in [5.74, 6) is 0. The summed E-state index contributed by atoms with van der Waals surface area (Å²) in [6.07, 6.45) is 6.03. The van der Waals surface area contributed by atoms with Gasteiger partial charge in [0.15, 0.2) is 0 Å². The third-order valence-electron chi connectivity index (χ3n) is 1.54. The molecule has 1 heteroatoms. The molecule has 0 saturated heterocycles. The smallest absolute Gasteiger partial charge is 0.0468 e. The summed E-state index contributed by atoms with van der Waals surface area (Å²) >= 11 is 0. The van der Waals surface area contributed by atoms with E-state index in [4.69, 9.17) is 5.11 Å². The first-order valence-electron chi connectivity index (χ1n) is 4.14. The number of hydrogen-bond acceptors (Lipinski definition) is 1.